The number of carbonyl (C=O) groups excluding carboxylic acids is 5. The molecule has 2 fully saturated rings. The second-order valence-electron chi connectivity index (χ2n) is 13.7. The monoisotopic (exact) mass is 762 g/mol. The highest BCUT2D eigenvalue weighted by atomic mass is 31.2. The summed E-state index contributed by atoms with van der Waals surface area (Å²) >= 11 is 0. The highest BCUT2D eigenvalue weighted by Gasteiger charge is 2.44. The van der Waals surface area contributed by atoms with Crippen LogP contribution in [-0.4, -0.2) is 68.5 Å². The minimum atomic E-state index is -4.78. The number of benzene rings is 3. The molecule has 0 aromatic heterocycles. The van der Waals surface area contributed by atoms with Gasteiger partial charge in [0.1, 0.15) is 30.5 Å². The molecule has 2 saturated heterocycles. The van der Waals surface area contributed by atoms with Gasteiger partial charge in [0.05, 0.1) is 12.3 Å². The first kappa shape index (κ1) is 40.2. The fourth-order valence-electron chi connectivity index (χ4n) is 6.89. The summed E-state index contributed by atoms with van der Waals surface area (Å²) < 4.78 is 21.4. The average Bonchev–Trinajstić information content (AvgIpc) is 3.57. The van der Waals surface area contributed by atoms with Gasteiger partial charge in [-0.1, -0.05) is 85.6 Å². The lowest BCUT2D eigenvalue weighted by molar-refractivity contribution is -0.149. The minimum absolute atomic E-state index is 0.0106. The van der Waals surface area contributed by atoms with Gasteiger partial charge in [0.2, 0.25) is 23.6 Å². The molecule has 2 heterocycles. The third-order valence-electron chi connectivity index (χ3n) is 9.67. The molecule has 15 heteroatoms. The lowest BCUT2D eigenvalue weighted by Crippen LogP contribution is -2.58. The van der Waals surface area contributed by atoms with Crippen LogP contribution in [0.4, 0.5) is 0 Å². The summed E-state index contributed by atoms with van der Waals surface area (Å²) in [7, 11) is -4.78. The van der Waals surface area contributed by atoms with E-state index in [0.717, 1.165) is 17.5 Å². The van der Waals surface area contributed by atoms with E-state index in [1.165, 1.54) is 24.3 Å². The van der Waals surface area contributed by atoms with E-state index in [0.29, 0.717) is 44.2 Å². The summed E-state index contributed by atoms with van der Waals surface area (Å²) in [5.41, 5.74) is 2.26. The van der Waals surface area contributed by atoms with Gasteiger partial charge < -0.3 is 30.1 Å². The fourth-order valence-corrected chi connectivity index (χ4v) is 7.29. The van der Waals surface area contributed by atoms with Crippen molar-refractivity contribution in [2.45, 2.75) is 95.6 Å². The first-order valence-corrected chi connectivity index (χ1v) is 19.7. The molecule has 54 heavy (non-hydrogen) atoms. The van der Waals surface area contributed by atoms with Crippen LogP contribution in [0.5, 0.6) is 5.75 Å². The van der Waals surface area contributed by atoms with Crippen molar-refractivity contribution in [3.63, 3.8) is 0 Å². The fraction of sp³-hybridized carbons (Fsp3) is 0.410. The van der Waals surface area contributed by atoms with Crippen molar-refractivity contribution in [3.05, 3.63) is 102 Å². The number of carbonyl (C=O) groups is 5. The number of amides is 4. The van der Waals surface area contributed by atoms with E-state index >= 15 is 0 Å². The molecule has 5 atom stereocenters. The number of rotatable bonds is 15. The van der Waals surface area contributed by atoms with Gasteiger partial charge in [-0.2, -0.15) is 0 Å². The average molecular weight is 763 g/mol. The van der Waals surface area contributed by atoms with Gasteiger partial charge in [0.15, 0.2) is 0 Å². The molecular formula is C39H47N4O10P. The molecule has 5 rings (SSSR count). The molecule has 3 aromatic carbocycles. The van der Waals surface area contributed by atoms with E-state index in [9.17, 15) is 28.5 Å². The number of ether oxygens (including phenoxy) is 1. The second-order valence-corrected chi connectivity index (χ2v) is 14.9. The molecule has 288 valence electrons. The molecular weight excluding hydrogens is 715 g/mol. The summed E-state index contributed by atoms with van der Waals surface area (Å²) in [6.07, 6.45) is 3.26. The molecule has 1 unspecified atom stereocenters. The Labute approximate surface area is 314 Å². The molecule has 0 bridgehead atoms. The Hall–Kier alpha value is -5.04. The summed E-state index contributed by atoms with van der Waals surface area (Å²) in [6, 6.07) is 21.4. The third kappa shape index (κ3) is 11.7. The minimum Gasteiger partial charge on any atom is -0.461 e. The summed E-state index contributed by atoms with van der Waals surface area (Å²) in [6.45, 7) is 1.91. The Balaban J connectivity index is 1.26. The van der Waals surface area contributed by atoms with Crippen LogP contribution in [0.25, 0.3) is 0 Å². The highest BCUT2D eigenvalue weighted by molar-refractivity contribution is 7.46. The lowest BCUT2D eigenvalue weighted by atomic mass is 9.93. The van der Waals surface area contributed by atoms with Crippen LogP contribution in [0.3, 0.4) is 0 Å². The Kier molecular flexibility index (Phi) is 14.0. The number of phosphoric ester groups is 1. The zero-order valence-corrected chi connectivity index (χ0v) is 31.0. The van der Waals surface area contributed by atoms with Gasteiger partial charge in [0.25, 0.3) is 0 Å². The maximum absolute atomic E-state index is 14.2. The molecule has 5 N–H and O–H groups in total. The number of hydrogen-bond donors (Lipinski definition) is 5. The molecule has 14 nitrogen and oxygen atoms in total. The van der Waals surface area contributed by atoms with E-state index in [4.69, 9.17) is 14.5 Å². The molecule has 4 amide bonds. The Morgan fingerprint density at radius 1 is 0.833 bits per heavy atom. The molecule has 2 aliphatic rings. The van der Waals surface area contributed by atoms with Gasteiger partial charge in [-0.25, -0.2) is 4.57 Å². The van der Waals surface area contributed by atoms with Crippen molar-refractivity contribution in [3.8, 4) is 5.75 Å². The number of nitrogens with zero attached hydrogens (tertiary/aromatic N) is 1. The first-order chi connectivity index (χ1) is 25.9. The molecule has 0 radical (unpaired) electrons. The zero-order valence-electron chi connectivity index (χ0n) is 30.1. The van der Waals surface area contributed by atoms with Crippen molar-refractivity contribution in [2.24, 2.45) is 5.92 Å². The number of phosphoric acid groups is 1. The summed E-state index contributed by atoms with van der Waals surface area (Å²) in [4.78, 5) is 87.5. The Morgan fingerprint density at radius 3 is 2.15 bits per heavy atom. The van der Waals surface area contributed by atoms with Crippen LogP contribution in [0.2, 0.25) is 0 Å². The van der Waals surface area contributed by atoms with Crippen molar-refractivity contribution < 1.29 is 47.6 Å². The van der Waals surface area contributed by atoms with Crippen LogP contribution in [0.1, 0.15) is 68.6 Å². The SMILES string of the molecule is C[C@H](NC(=O)[C@@H]1CCC2CCCC[C@H](NC(=O)[C@@H](CC(=O)OCc3ccccc3)Cc3ccc(OP(=O)(O)O)cc3)C(=O)N21)C(=O)NCc1ccccc1. The molecule has 0 saturated carbocycles. The Morgan fingerprint density at radius 2 is 1.48 bits per heavy atom. The maximum atomic E-state index is 14.2. The van der Waals surface area contributed by atoms with Gasteiger partial charge >= 0.3 is 13.8 Å². The van der Waals surface area contributed by atoms with Gasteiger partial charge in [-0.15, -0.1) is 0 Å². The van der Waals surface area contributed by atoms with Crippen molar-refractivity contribution in [2.75, 3.05) is 0 Å². The van der Waals surface area contributed by atoms with Crippen molar-refractivity contribution in [1.82, 2.24) is 20.9 Å². The van der Waals surface area contributed by atoms with Crippen molar-refractivity contribution in [1.29, 1.82) is 0 Å². The number of esters is 1. The highest BCUT2D eigenvalue weighted by Crippen LogP contribution is 2.37. The van der Waals surface area contributed by atoms with E-state index in [1.807, 2.05) is 48.5 Å². The van der Waals surface area contributed by atoms with E-state index in [2.05, 4.69) is 20.5 Å². The van der Waals surface area contributed by atoms with Gasteiger partial charge in [0, 0.05) is 12.6 Å². The van der Waals surface area contributed by atoms with Crippen LogP contribution in [0.15, 0.2) is 84.9 Å². The van der Waals surface area contributed by atoms with Crippen LogP contribution in [0, 0.1) is 5.92 Å². The molecule has 0 spiro atoms. The van der Waals surface area contributed by atoms with Crippen LogP contribution < -0.4 is 20.5 Å². The zero-order chi connectivity index (χ0) is 38.7. The lowest BCUT2D eigenvalue weighted by Gasteiger charge is -2.35. The van der Waals surface area contributed by atoms with Crippen LogP contribution in [-0.2, 0) is 52.8 Å². The predicted octanol–water partition coefficient (Wildman–Crippen LogP) is 3.69. The van der Waals surface area contributed by atoms with Gasteiger partial charge in [-0.05, 0) is 67.9 Å². The number of fused-ring (bicyclic) bond motifs is 1. The summed E-state index contributed by atoms with van der Waals surface area (Å²) in [5.74, 6) is -3.41. The largest absolute Gasteiger partial charge is 0.524 e. The number of nitrogens with one attached hydrogen (secondary N) is 3. The van der Waals surface area contributed by atoms with Gasteiger partial charge in [-0.3, -0.25) is 33.8 Å². The normalized spacial score (nSPS) is 19.6. The quantitative estimate of drug-likeness (QED) is 0.112. The third-order valence-corrected chi connectivity index (χ3v) is 10.1. The second kappa shape index (κ2) is 18.8. The van der Waals surface area contributed by atoms with Crippen molar-refractivity contribution >= 4 is 37.4 Å². The molecule has 0 aliphatic carbocycles. The topological polar surface area (TPSA) is 201 Å². The van der Waals surface area contributed by atoms with E-state index in [1.54, 1.807) is 24.0 Å². The molecule has 2 aliphatic heterocycles. The maximum Gasteiger partial charge on any atom is 0.524 e. The Bertz CT molecular complexity index is 1800. The van der Waals surface area contributed by atoms with Crippen LogP contribution >= 0.6 is 7.82 Å². The first-order valence-electron chi connectivity index (χ1n) is 18.1. The molecule has 3 aromatic rings. The van der Waals surface area contributed by atoms with E-state index < -0.39 is 55.6 Å². The summed E-state index contributed by atoms with van der Waals surface area (Å²) in [5, 5.41) is 8.48. The van der Waals surface area contributed by atoms with E-state index in [-0.39, 0.29) is 37.1 Å². The standard InChI is InChI=1S/C39H47N4O10P/c1-26(36(45)40-24-28-10-4-2-5-11-28)41-38(47)34-21-18-31-14-8-9-15-33(39(48)43(31)34)42-37(46)30(23-35(44)52-25-29-12-6-3-7-13-29)22-27-16-19-32(20-17-27)53-54(49,50)51/h2-7,10-13,16-17,19-20,26,30-31,33-34H,8-9,14-15,18,21-25H2,1H3,(H,40,45)(H,41,47)(H,42,46)(H2,49,50,51)/t26-,30+,31?,33-,34-/m0/s1. The smallest absolute Gasteiger partial charge is 0.461 e. The predicted molar refractivity (Wildman–Crippen MR) is 197 cm³/mol. The number of hydrogen-bond acceptors (Lipinski definition) is 8.